The summed E-state index contributed by atoms with van der Waals surface area (Å²) in [6.07, 6.45) is 4.06. The first kappa shape index (κ1) is 11.2. The van der Waals surface area contributed by atoms with Crippen molar-refractivity contribution in [3.05, 3.63) is 12.2 Å². The van der Waals surface area contributed by atoms with E-state index in [2.05, 4.69) is 13.8 Å². The lowest BCUT2D eigenvalue weighted by atomic mass is 10.1. The minimum absolute atomic E-state index is 0.0497. The number of hydrogen-bond donors (Lipinski definition) is 0. The quantitative estimate of drug-likeness (QED) is 0.478. The van der Waals surface area contributed by atoms with Crippen molar-refractivity contribution in [3.8, 4) is 0 Å². The summed E-state index contributed by atoms with van der Waals surface area (Å²) < 4.78 is 5.18. The summed E-state index contributed by atoms with van der Waals surface area (Å²) in [5.41, 5.74) is 0. The molecule has 0 aromatic rings. The van der Waals surface area contributed by atoms with E-state index in [1.807, 2.05) is 6.92 Å². The number of hydrogen-bond acceptors (Lipinski definition) is 2. The molecule has 0 aliphatic rings. The van der Waals surface area contributed by atoms with Gasteiger partial charge in [-0.05, 0) is 19.3 Å². The van der Waals surface area contributed by atoms with E-state index in [4.69, 9.17) is 4.74 Å². The Hall–Kier alpha value is -0.790. The Morgan fingerprint density at radius 2 is 2.08 bits per heavy atom. The van der Waals surface area contributed by atoms with Gasteiger partial charge in [0.1, 0.15) is 6.10 Å². The molecule has 2 nitrogen and oxygen atoms in total. The van der Waals surface area contributed by atoms with Crippen LogP contribution in [0.3, 0.4) is 0 Å². The van der Waals surface area contributed by atoms with Crippen LogP contribution in [0.1, 0.15) is 34.1 Å². The van der Waals surface area contributed by atoms with Crippen molar-refractivity contribution in [2.24, 2.45) is 5.92 Å². The van der Waals surface area contributed by atoms with Gasteiger partial charge in [0.05, 0.1) is 0 Å². The largest absolute Gasteiger partial charge is 0.459 e. The first-order valence-electron chi connectivity index (χ1n) is 4.45. The Labute approximate surface area is 74.6 Å². The average Bonchev–Trinajstić information content (AvgIpc) is 2.00. The fraction of sp³-hybridized carbons (Fsp3) is 0.700. The summed E-state index contributed by atoms with van der Waals surface area (Å²) in [6.45, 7) is 7.93. The van der Waals surface area contributed by atoms with E-state index in [-0.39, 0.29) is 12.1 Å². The summed E-state index contributed by atoms with van der Waals surface area (Å²) in [5, 5.41) is 0. The van der Waals surface area contributed by atoms with Gasteiger partial charge in [-0.1, -0.05) is 26.8 Å². The van der Waals surface area contributed by atoms with Gasteiger partial charge in [0.2, 0.25) is 0 Å². The van der Waals surface area contributed by atoms with Crippen molar-refractivity contribution < 1.29 is 9.53 Å². The molecule has 0 saturated heterocycles. The Balaban J connectivity index is 3.94. The smallest absolute Gasteiger partial charge is 0.330 e. The molecule has 1 atom stereocenters. The first-order valence-corrected chi connectivity index (χ1v) is 4.45. The normalized spacial score (nSPS) is 13.8. The van der Waals surface area contributed by atoms with Gasteiger partial charge < -0.3 is 4.74 Å². The van der Waals surface area contributed by atoms with Crippen LogP contribution in [0.4, 0.5) is 0 Å². The third-order valence-electron chi connectivity index (χ3n) is 1.72. The maximum atomic E-state index is 11.0. The van der Waals surface area contributed by atoms with Crippen LogP contribution in [-0.4, -0.2) is 12.1 Å². The third kappa shape index (κ3) is 4.16. The van der Waals surface area contributed by atoms with E-state index >= 15 is 0 Å². The summed E-state index contributed by atoms with van der Waals surface area (Å²) in [6, 6.07) is 0. The second-order valence-electron chi connectivity index (χ2n) is 3.13. The molecule has 0 unspecified atom stereocenters. The van der Waals surface area contributed by atoms with Crippen molar-refractivity contribution in [3.63, 3.8) is 0 Å². The zero-order valence-electron chi connectivity index (χ0n) is 8.33. The van der Waals surface area contributed by atoms with Gasteiger partial charge in [0.25, 0.3) is 0 Å². The molecule has 0 rings (SSSR count). The SMILES string of the molecule is C/C=C/C(=O)O[C@@H](CC)C(C)C. The monoisotopic (exact) mass is 170 g/mol. The lowest BCUT2D eigenvalue weighted by molar-refractivity contribution is -0.145. The lowest BCUT2D eigenvalue weighted by Crippen LogP contribution is -2.21. The summed E-state index contributed by atoms with van der Waals surface area (Å²) in [5.74, 6) is 0.155. The van der Waals surface area contributed by atoms with Gasteiger partial charge in [-0.3, -0.25) is 0 Å². The van der Waals surface area contributed by atoms with Gasteiger partial charge >= 0.3 is 5.97 Å². The van der Waals surface area contributed by atoms with E-state index in [0.717, 1.165) is 6.42 Å². The maximum absolute atomic E-state index is 11.0. The predicted molar refractivity (Wildman–Crippen MR) is 49.8 cm³/mol. The molecule has 0 aromatic carbocycles. The highest BCUT2D eigenvalue weighted by Gasteiger charge is 2.13. The highest BCUT2D eigenvalue weighted by molar-refractivity contribution is 5.81. The number of carbonyl (C=O) groups excluding carboxylic acids is 1. The van der Waals surface area contributed by atoms with Crippen LogP contribution in [0.15, 0.2) is 12.2 Å². The van der Waals surface area contributed by atoms with Gasteiger partial charge in [-0.15, -0.1) is 0 Å². The summed E-state index contributed by atoms with van der Waals surface area (Å²) in [4.78, 5) is 11.0. The Morgan fingerprint density at radius 3 is 2.42 bits per heavy atom. The van der Waals surface area contributed by atoms with Crippen LogP contribution in [0.25, 0.3) is 0 Å². The standard InChI is InChI=1S/C10H18O2/c1-5-7-10(11)12-9(6-2)8(3)4/h5,7-9H,6H2,1-4H3/b7-5+/t9-/m0/s1. The van der Waals surface area contributed by atoms with Crippen LogP contribution in [0.2, 0.25) is 0 Å². The minimum Gasteiger partial charge on any atom is -0.459 e. The molecule has 0 radical (unpaired) electrons. The van der Waals surface area contributed by atoms with Gasteiger partial charge in [-0.2, -0.15) is 0 Å². The van der Waals surface area contributed by atoms with E-state index < -0.39 is 0 Å². The lowest BCUT2D eigenvalue weighted by Gasteiger charge is -2.18. The van der Waals surface area contributed by atoms with Gasteiger partial charge in [-0.25, -0.2) is 4.79 Å². The molecule has 0 heterocycles. The van der Waals surface area contributed by atoms with E-state index in [9.17, 15) is 4.79 Å². The van der Waals surface area contributed by atoms with Crippen molar-refractivity contribution in [1.29, 1.82) is 0 Å². The molecule has 0 amide bonds. The predicted octanol–water partition coefficient (Wildman–Crippen LogP) is 2.54. The molecule has 0 saturated carbocycles. The zero-order chi connectivity index (χ0) is 9.56. The van der Waals surface area contributed by atoms with Crippen LogP contribution in [-0.2, 0) is 9.53 Å². The Bertz CT molecular complexity index is 159. The molecule has 0 fully saturated rings. The van der Waals surface area contributed by atoms with Crippen molar-refractivity contribution in [2.45, 2.75) is 40.2 Å². The number of carbonyl (C=O) groups is 1. The van der Waals surface area contributed by atoms with Crippen LogP contribution < -0.4 is 0 Å². The molecular formula is C10H18O2. The van der Waals surface area contributed by atoms with Crippen molar-refractivity contribution >= 4 is 5.97 Å². The molecule has 2 heteroatoms. The van der Waals surface area contributed by atoms with Crippen molar-refractivity contribution in [1.82, 2.24) is 0 Å². The molecule has 70 valence electrons. The third-order valence-corrected chi connectivity index (χ3v) is 1.72. The maximum Gasteiger partial charge on any atom is 0.330 e. The second kappa shape index (κ2) is 5.81. The van der Waals surface area contributed by atoms with E-state index in [1.165, 1.54) is 6.08 Å². The van der Waals surface area contributed by atoms with Gasteiger partial charge in [0, 0.05) is 6.08 Å². The molecule has 0 spiro atoms. The second-order valence-corrected chi connectivity index (χ2v) is 3.13. The number of esters is 1. The molecular weight excluding hydrogens is 152 g/mol. The number of rotatable bonds is 4. The molecule has 0 bridgehead atoms. The van der Waals surface area contributed by atoms with E-state index in [0.29, 0.717) is 5.92 Å². The molecule has 12 heavy (non-hydrogen) atoms. The van der Waals surface area contributed by atoms with Gasteiger partial charge in [0.15, 0.2) is 0 Å². The van der Waals surface area contributed by atoms with E-state index in [1.54, 1.807) is 13.0 Å². The highest BCUT2D eigenvalue weighted by atomic mass is 16.5. The summed E-state index contributed by atoms with van der Waals surface area (Å²) in [7, 11) is 0. The summed E-state index contributed by atoms with van der Waals surface area (Å²) >= 11 is 0. The Kier molecular flexibility index (Phi) is 5.43. The number of allylic oxidation sites excluding steroid dienone is 1. The zero-order valence-corrected chi connectivity index (χ0v) is 8.33. The number of ether oxygens (including phenoxy) is 1. The minimum atomic E-state index is -0.238. The highest BCUT2D eigenvalue weighted by Crippen LogP contribution is 2.10. The molecule has 0 aliphatic heterocycles. The van der Waals surface area contributed by atoms with Crippen LogP contribution in [0.5, 0.6) is 0 Å². The van der Waals surface area contributed by atoms with Crippen LogP contribution in [0, 0.1) is 5.92 Å². The van der Waals surface area contributed by atoms with Crippen molar-refractivity contribution in [2.75, 3.05) is 0 Å². The first-order chi connectivity index (χ1) is 5.61. The van der Waals surface area contributed by atoms with Crippen LogP contribution >= 0.6 is 0 Å². The molecule has 0 aromatic heterocycles. The fourth-order valence-electron chi connectivity index (χ4n) is 1.02. The topological polar surface area (TPSA) is 26.3 Å². The molecule has 0 N–H and O–H groups in total. The molecule has 0 aliphatic carbocycles. The average molecular weight is 170 g/mol. The Morgan fingerprint density at radius 1 is 1.50 bits per heavy atom. The fourth-order valence-corrected chi connectivity index (χ4v) is 1.02.